The van der Waals surface area contributed by atoms with Crippen molar-refractivity contribution in [3.05, 3.63) is 35.9 Å². The Bertz CT molecular complexity index is 566. The Hall–Kier alpha value is -1.63. The van der Waals surface area contributed by atoms with Crippen LogP contribution in [0.1, 0.15) is 32.3 Å². The van der Waals surface area contributed by atoms with Crippen LogP contribution in [0.4, 0.5) is 0 Å². The molecule has 0 radical (unpaired) electrons. The second-order valence-corrected chi connectivity index (χ2v) is 8.10. The molecule has 0 aliphatic carbocycles. The van der Waals surface area contributed by atoms with Crippen LogP contribution in [0.5, 0.6) is 0 Å². The third-order valence-electron chi connectivity index (χ3n) is 5.17. The van der Waals surface area contributed by atoms with Crippen LogP contribution < -0.4 is 10.6 Å². The van der Waals surface area contributed by atoms with E-state index in [0.29, 0.717) is 12.5 Å². The van der Waals surface area contributed by atoms with Crippen LogP contribution in [0.3, 0.4) is 0 Å². The molecular weight excluding hydrogens is 362 g/mol. The lowest BCUT2D eigenvalue weighted by atomic mass is 10.2. The Morgan fingerprint density at radius 2 is 1.97 bits per heavy atom. The molecule has 0 bridgehead atoms. The maximum Gasteiger partial charge on any atom is 0.191 e. The molecule has 2 N–H and O–H groups in total. The summed E-state index contributed by atoms with van der Waals surface area (Å²) < 4.78 is 5.84. The van der Waals surface area contributed by atoms with E-state index in [0.717, 1.165) is 45.2 Å². The van der Waals surface area contributed by atoms with Gasteiger partial charge in [-0.1, -0.05) is 37.3 Å². The van der Waals surface area contributed by atoms with E-state index >= 15 is 0 Å². The second kappa shape index (κ2) is 14.4. The van der Waals surface area contributed by atoms with Crippen LogP contribution in [0.25, 0.3) is 0 Å². The number of likely N-dealkylation sites (N-methyl/N-ethyl adjacent to an activating group) is 1. The molecule has 1 aliphatic heterocycles. The van der Waals surface area contributed by atoms with E-state index in [4.69, 9.17) is 9.73 Å². The summed E-state index contributed by atoms with van der Waals surface area (Å²) in [6, 6.07) is 10.3. The molecule has 0 amide bonds. The van der Waals surface area contributed by atoms with Crippen LogP contribution in [-0.2, 0) is 11.3 Å². The van der Waals surface area contributed by atoms with E-state index in [1.165, 1.54) is 38.2 Å². The fourth-order valence-corrected chi connectivity index (χ4v) is 3.43. The zero-order valence-corrected chi connectivity index (χ0v) is 18.7. The van der Waals surface area contributed by atoms with E-state index < -0.39 is 0 Å². The number of aliphatic imine (C=N–C) groups is 1. The number of ether oxygens (including phenoxy) is 1. The van der Waals surface area contributed by atoms with Crippen LogP contribution in [-0.4, -0.2) is 81.8 Å². The molecule has 2 rings (SSSR count). The average Bonchev–Trinajstić information content (AvgIpc) is 2.94. The molecule has 0 spiro atoms. The molecule has 1 saturated heterocycles. The molecule has 6 nitrogen and oxygen atoms in total. The van der Waals surface area contributed by atoms with Gasteiger partial charge in [-0.25, -0.2) is 0 Å². The fraction of sp³-hybridized carbons (Fsp3) is 0.696. The summed E-state index contributed by atoms with van der Waals surface area (Å²) in [4.78, 5) is 9.76. The van der Waals surface area contributed by atoms with E-state index in [-0.39, 0.29) is 0 Å². The first kappa shape index (κ1) is 23.6. The Morgan fingerprint density at radius 3 is 2.76 bits per heavy atom. The number of benzene rings is 1. The number of rotatable bonds is 11. The Balaban J connectivity index is 1.62. The van der Waals surface area contributed by atoms with Crippen LogP contribution in [0.2, 0.25) is 0 Å². The monoisotopic (exact) mass is 403 g/mol. The first-order valence-corrected chi connectivity index (χ1v) is 11.2. The zero-order chi connectivity index (χ0) is 20.7. The lowest BCUT2D eigenvalue weighted by Gasteiger charge is -2.20. The molecule has 0 aromatic heterocycles. The molecule has 1 aliphatic rings. The van der Waals surface area contributed by atoms with Crippen molar-refractivity contribution in [2.75, 3.05) is 66.0 Å². The van der Waals surface area contributed by atoms with Gasteiger partial charge in [-0.3, -0.25) is 4.99 Å². The van der Waals surface area contributed by atoms with Gasteiger partial charge < -0.3 is 25.2 Å². The molecule has 1 aromatic carbocycles. The summed E-state index contributed by atoms with van der Waals surface area (Å²) in [5, 5.41) is 6.83. The Labute approximate surface area is 177 Å². The minimum Gasteiger partial charge on any atom is -0.376 e. The maximum absolute atomic E-state index is 5.84. The third kappa shape index (κ3) is 10.6. The van der Waals surface area contributed by atoms with Crippen LogP contribution in [0, 0.1) is 5.92 Å². The summed E-state index contributed by atoms with van der Waals surface area (Å²) in [5.41, 5.74) is 1.22. The van der Waals surface area contributed by atoms with Gasteiger partial charge in [0, 0.05) is 32.7 Å². The quantitative estimate of drug-likeness (QED) is 0.338. The molecule has 1 heterocycles. The average molecular weight is 404 g/mol. The van der Waals surface area contributed by atoms with Gasteiger partial charge >= 0.3 is 0 Å². The van der Waals surface area contributed by atoms with Crippen molar-refractivity contribution in [3.8, 4) is 0 Å². The normalized spacial score (nSPS) is 17.7. The zero-order valence-electron chi connectivity index (χ0n) is 18.7. The molecule has 1 fully saturated rings. The highest BCUT2D eigenvalue weighted by Gasteiger charge is 2.11. The molecule has 164 valence electrons. The van der Waals surface area contributed by atoms with Gasteiger partial charge in [-0.05, 0) is 57.9 Å². The molecule has 1 unspecified atom stereocenters. The predicted molar refractivity (Wildman–Crippen MR) is 122 cm³/mol. The summed E-state index contributed by atoms with van der Waals surface area (Å²) in [6.45, 7) is 14.3. The van der Waals surface area contributed by atoms with E-state index in [2.05, 4.69) is 53.5 Å². The molecular formula is C23H41N5O. The predicted octanol–water partition coefficient (Wildman–Crippen LogP) is 2.42. The topological polar surface area (TPSA) is 52.1 Å². The number of nitrogens with zero attached hydrogens (tertiary/aromatic N) is 3. The van der Waals surface area contributed by atoms with Crippen LogP contribution in [0.15, 0.2) is 35.3 Å². The van der Waals surface area contributed by atoms with E-state index in [1.54, 1.807) is 0 Å². The maximum atomic E-state index is 5.84. The van der Waals surface area contributed by atoms with Gasteiger partial charge in [0.25, 0.3) is 0 Å². The lowest BCUT2D eigenvalue weighted by Crippen LogP contribution is -2.39. The van der Waals surface area contributed by atoms with Gasteiger partial charge in [0.15, 0.2) is 5.96 Å². The van der Waals surface area contributed by atoms with Gasteiger partial charge in [0.1, 0.15) is 0 Å². The standard InChI is InChI=1S/C23H41N5O/c1-4-24-23(25-12-8-14-28-15-9-13-27(3)16-17-28)26-18-21(2)19-29-20-22-10-6-5-7-11-22/h5-7,10-11,21H,4,8-9,12-20H2,1-3H3,(H2,24,25,26). The first-order chi connectivity index (χ1) is 14.2. The summed E-state index contributed by atoms with van der Waals surface area (Å²) in [5.74, 6) is 1.31. The third-order valence-corrected chi connectivity index (χ3v) is 5.17. The fourth-order valence-electron chi connectivity index (χ4n) is 3.43. The van der Waals surface area contributed by atoms with Gasteiger partial charge in [-0.2, -0.15) is 0 Å². The van der Waals surface area contributed by atoms with Crippen molar-refractivity contribution < 1.29 is 4.74 Å². The minimum absolute atomic E-state index is 0.392. The summed E-state index contributed by atoms with van der Waals surface area (Å²) in [7, 11) is 2.22. The molecule has 29 heavy (non-hydrogen) atoms. The van der Waals surface area contributed by atoms with Gasteiger partial charge in [0.2, 0.25) is 0 Å². The van der Waals surface area contributed by atoms with Gasteiger partial charge in [-0.15, -0.1) is 0 Å². The molecule has 1 aromatic rings. The molecule has 6 heteroatoms. The van der Waals surface area contributed by atoms with Gasteiger partial charge in [0.05, 0.1) is 13.2 Å². The number of guanidine groups is 1. The molecule has 0 saturated carbocycles. The van der Waals surface area contributed by atoms with E-state index in [1.807, 2.05) is 18.2 Å². The van der Waals surface area contributed by atoms with Crippen molar-refractivity contribution in [1.82, 2.24) is 20.4 Å². The lowest BCUT2D eigenvalue weighted by molar-refractivity contribution is 0.0945. The highest BCUT2D eigenvalue weighted by molar-refractivity contribution is 5.79. The minimum atomic E-state index is 0.392. The summed E-state index contributed by atoms with van der Waals surface area (Å²) in [6.07, 6.45) is 2.42. The first-order valence-electron chi connectivity index (χ1n) is 11.2. The van der Waals surface area contributed by atoms with E-state index in [9.17, 15) is 0 Å². The Kier molecular flexibility index (Phi) is 11.7. The second-order valence-electron chi connectivity index (χ2n) is 8.10. The van der Waals surface area contributed by atoms with Crippen molar-refractivity contribution in [3.63, 3.8) is 0 Å². The summed E-state index contributed by atoms with van der Waals surface area (Å²) >= 11 is 0. The number of hydrogen-bond acceptors (Lipinski definition) is 4. The van der Waals surface area contributed by atoms with Crippen molar-refractivity contribution in [2.24, 2.45) is 10.9 Å². The SMILES string of the molecule is CCNC(=NCC(C)COCc1ccccc1)NCCCN1CCCN(C)CC1. The smallest absolute Gasteiger partial charge is 0.191 e. The highest BCUT2D eigenvalue weighted by atomic mass is 16.5. The number of nitrogens with one attached hydrogen (secondary N) is 2. The Morgan fingerprint density at radius 1 is 1.14 bits per heavy atom. The largest absolute Gasteiger partial charge is 0.376 e. The number of hydrogen-bond donors (Lipinski definition) is 2. The van der Waals surface area contributed by atoms with Crippen molar-refractivity contribution in [1.29, 1.82) is 0 Å². The van der Waals surface area contributed by atoms with Crippen molar-refractivity contribution >= 4 is 5.96 Å². The van der Waals surface area contributed by atoms with Crippen molar-refractivity contribution in [2.45, 2.75) is 33.3 Å². The van der Waals surface area contributed by atoms with Crippen LogP contribution >= 0.6 is 0 Å². The highest BCUT2D eigenvalue weighted by Crippen LogP contribution is 2.04. The molecule has 1 atom stereocenters.